The van der Waals surface area contributed by atoms with Gasteiger partial charge in [0.1, 0.15) is 0 Å². The van der Waals surface area contributed by atoms with Crippen molar-refractivity contribution in [1.29, 1.82) is 0 Å². The fourth-order valence-corrected chi connectivity index (χ4v) is 4.79. The summed E-state index contributed by atoms with van der Waals surface area (Å²) < 4.78 is 23.0. The van der Waals surface area contributed by atoms with E-state index in [0.717, 1.165) is 32.2 Å². The Labute approximate surface area is 97.3 Å². The molecule has 0 radical (unpaired) electrons. The van der Waals surface area contributed by atoms with Crippen LogP contribution in [0.5, 0.6) is 0 Å². The van der Waals surface area contributed by atoms with Gasteiger partial charge in [0, 0.05) is 6.04 Å². The minimum atomic E-state index is -2.76. The monoisotopic (exact) mass is 247 g/mol. The lowest BCUT2D eigenvalue weighted by Crippen LogP contribution is -2.27. The Bertz CT molecular complexity index is 328. The zero-order valence-corrected chi connectivity index (χ0v) is 10.4. The molecular weight excluding hydrogens is 226 g/mol. The van der Waals surface area contributed by atoms with Crippen LogP contribution in [0.25, 0.3) is 0 Å². The number of hydrogen-bond donors (Lipinski definition) is 2. The largest absolute Gasteiger partial charge is 0.395 e. The fraction of sp³-hybridized carbons (Fsp3) is 1.00. The van der Waals surface area contributed by atoms with Crippen molar-refractivity contribution in [1.82, 2.24) is 5.32 Å². The summed E-state index contributed by atoms with van der Waals surface area (Å²) in [6.45, 7) is 1.13. The van der Waals surface area contributed by atoms with E-state index in [2.05, 4.69) is 5.32 Å². The van der Waals surface area contributed by atoms with E-state index < -0.39 is 9.84 Å². The normalized spacial score (nSPS) is 38.7. The molecule has 0 spiro atoms. The van der Waals surface area contributed by atoms with Gasteiger partial charge >= 0.3 is 0 Å². The number of rotatable bonds is 3. The molecule has 2 aliphatic heterocycles. The molecule has 0 bridgehead atoms. The van der Waals surface area contributed by atoms with Gasteiger partial charge in [-0.3, -0.25) is 0 Å². The molecule has 2 rings (SSSR count). The number of aliphatic hydroxyl groups excluding tert-OH is 1. The predicted molar refractivity (Wildman–Crippen MR) is 63.0 cm³/mol. The molecule has 3 atom stereocenters. The molecule has 2 heterocycles. The van der Waals surface area contributed by atoms with Gasteiger partial charge in [0.25, 0.3) is 0 Å². The Balaban J connectivity index is 1.82. The first-order chi connectivity index (χ1) is 7.59. The maximum absolute atomic E-state index is 11.5. The van der Waals surface area contributed by atoms with Crippen LogP contribution in [0.15, 0.2) is 0 Å². The molecule has 4 nitrogen and oxygen atoms in total. The quantitative estimate of drug-likeness (QED) is 0.746. The number of hydrogen-bond acceptors (Lipinski definition) is 4. The fourth-order valence-electron chi connectivity index (χ4n) is 3.00. The molecule has 5 heteroatoms. The molecule has 0 aromatic carbocycles. The van der Waals surface area contributed by atoms with Gasteiger partial charge in [-0.15, -0.1) is 0 Å². The van der Waals surface area contributed by atoms with Gasteiger partial charge in [-0.2, -0.15) is 0 Å². The molecule has 0 aromatic heterocycles. The Kier molecular flexibility index (Phi) is 3.87. The van der Waals surface area contributed by atoms with Crippen molar-refractivity contribution in [3.8, 4) is 0 Å². The molecule has 2 saturated heterocycles. The minimum Gasteiger partial charge on any atom is -0.395 e. The van der Waals surface area contributed by atoms with Gasteiger partial charge < -0.3 is 10.4 Å². The van der Waals surface area contributed by atoms with Crippen LogP contribution < -0.4 is 5.32 Å². The Hall–Kier alpha value is -0.130. The second-order valence-corrected chi connectivity index (χ2v) is 7.48. The van der Waals surface area contributed by atoms with Crippen molar-refractivity contribution < 1.29 is 13.5 Å². The maximum atomic E-state index is 11.5. The van der Waals surface area contributed by atoms with E-state index >= 15 is 0 Å². The Morgan fingerprint density at radius 1 is 1.31 bits per heavy atom. The van der Waals surface area contributed by atoms with Crippen LogP contribution in [0, 0.1) is 11.8 Å². The van der Waals surface area contributed by atoms with Gasteiger partial charge in [0.05, 0.1) is 18.1 Å². The molecule has 2 N–H and O–H groups in total. The molecule has 3 unspecified atom stereocenters. The van der Waals surface area contributed by atoms with E-state index in [1.807, 2.05) is 0 Å². The van der Waals surface area contributed by atoms with Gasteiger partial charge in [0.15, 0.2) is 9.84 Å². The SMILES string of the molecule is O=S1(=O)CCCC(CC2CNC(CO)C2)C1. The zero-order valence-electron chi connectivity index (χ0n) is 9.56. The van der Waals surface area contributed by atoms with Gasteiger partial charge in [-0.1, -0.05) is 0 Å². The highest BCUT2D eigenvalue weighted by molar-refractivity contribution is 7.91. The van der Waals surface area contributed by atoms with Crippen LogP contribution in [-0.2, 0) is 9.84 Å². The highest BCUT2D eigenvalue weighted by Crippen LogP contribution is 2.28. The Morgan fingerprint density at radius 2 is 2.12 bits per heavy atom. The molecule has 2 aliphatic rings. The lowest BCUT2D eigenvalue weighted by atomic mass is 9.90. The number of sulfone groups is 1. The summed E-state index contributed by atoms with van der Waals surface area (Å²) in [6, 6.07) is 0.227. The van der Waals surface area contributed by atoms with Crippen molar-refractivity contribution >= 4 is 9.84 Å². The lowest BCUT2D eigenvalue weighted by molar-refractivity contribution is 0.250. The smallest absolute Gasteiger partial charge is 0.150 e. The summed E-state index contributed by atoms with van der Waals surface area (Å²) in [6.07, 6.45) is 3.88. The van der Waals surface area contributed by atoms with E-state index in [4.69, 9.17) is 5.11 Å². The summed E-state index contributed by atoms with van der Waals surface area (Å²) in [5.41, 5.74) is 0. The third kappa shape index (κ3) is 3.18. The molecule has 0 saturated carbocycles. The molecule has 16 heavy (non-hydrogen) atoms. The second-order valence-electron chi connectivity index (χ2n) is 5.25. The van der Waals surface area contributed by atoms with Crippen molar-refractivity contribution in [2.45, 2.75) is 31.7 Å². The summed E-state index contributed by atoms with van der Waals surface area (Å²) in [7, 11) is -2.76. The minimum absolute atomic E-state index is 0.194. The van der Waals surface area contributed by atoms with Gasteiger partial charge in [0.2, 0.25) is 0 Å². The summed E-state index contributed by atoms with van der Waals surface area (Å²) in [5, 5.41) is 12.3. The topological polar surface area (TPSA) is 66.4 Å². The molecule has 0 amide bonds. The average molecular weight is 247 g/mol. The van der Waals surface area contributed by atoms with Crippen molar-refractivity contribution in [2.75, 3.05) is 24.7 Å². The van der Waals surface area contributed by atoms with Crippen molar-refractivity contribution in [2.24, 2.45) is 11.8 Å². The van der Waals surface area contributed by atoms with Crippen LogP contribution in [-0.4, -0.2) is 44.2 Å². The first-order valence-electron chi connectivity index (χ1n) is 6.14. The number of aliphatic hydroxyl groups is 1. The van der Waals surface area contributed by atoms with E-state index in [1.54, 1.807) is 0 Å². The number of nitrogens with one attached hydrogen (secondary N) is 1. The summed E-state index contributed by atoms with van der Waals surface area (Å²) in [5.74, 6) is 1.66. The molecule has 94 valence electrons. The van der Waals surface area contributed by atoms with E-state index in [-0.39, 0.29) is 12.6 Å². The van der Waals surface area contributed by atoms with E-state index in [0.29, 0.717) is 23.3 Å². The summed E-state index contributed by atoms with van der Waals surface area (Å²) >= 11 is 0. The van der Waals surface area contributed by atoms with Crippen LogP contribution >= 0.6 is 0 Å². The van der Waals surface area contributed by atoms with Crippen LogP contribution in [0.3, 0.4) is 0 Å². The molecule has 2 fully saturated rings. The lowest BCUT2D eigenvalue weighted by Gasteiger charge is -2.24. The zero-order chi connectivity index (χ0) is 11.6. The van der Waals surface area contributed by atoms with E-state index in [1.165, 1.54) is 0 Å². The van der Waals surface area contributed by atoms with Crippen LogP contribution in [0.4, 0.5) is 0 Å². The predicted octanol–water partition coefficient (Wildman–Crippen LogP) is 0.172. The second kappa shape index (κ2) is 5.02. The molecular formula is C11H21NO3S. The first kappa shape index (κ1) is 12.3. The van der Waals surface area contributed by atoms with Crippen LogP contribution in [0.2, 0.25) is 0 Å². The Morgan fingerprint density at radius 3 is 2.75 bits per heavy atom. The highest BCUT2D eigenvalue weighted by Gasteiger charge is 2.30. The summed E-state index contributed by atoms with van der Waals surface area (Å²) in [4.78, 5) is 0. The van der Waals surface area contributed by atoms with Gasteiger partial charge in [-0.05, 0) is 44.1 Å². The van der Waals surface area contributed by atoms with Gasteiger partial charge in [-0.25, -0.2) is 8.42 Å². The first-order valence-corrected chi connectivity index (χ1v) is 7.96. The third-order valence-electron chi connectivity index (χ3n) is 3.76. The maximum Gasteiger partial charge on any atom is 0.150 e. The van der Waals surface area contributed by atoms with Crippen molar-refractivity contribution in [3.05, 3.63) is 0 Å². The van der Waals surface area contributed by atoms with Crippen molar-refractivity contribution in [3.63, 3.8) is 0 Å². The standard InChI is InChI=1S/C11H21NO3S/c13-7-11-5-10(6-12-11)4-9-2-1-3-16(14,15)8-9/h9-13H,1-8H2. The average Bonchev–Trinajstić information content (AvgIpc) is 2.64. The third-order valence-corrected chi connectivity index (χ3v) is 5.65. The van der Waals surface area contributed by atoms with E-state index in [9.17, 15) is 8.42 Å². The highest BCUT2D eigenvalue weighted by atomic mass is 32.2. The molecule has 0 aliphatic carbocycles. The molecule has 0 aromatic rings. The van der Waals surface area contributed by atoms with Crippen LogP contribution in [0.1, 0.15) is 25.7 Å².